The topological polar surface area (TPSA) is 62.5 Å². The molecule has 1 unspecified atom stereocenters. The number of nitrogens with zero attached hydrogens (tertiary/aromatic N) is 4. The number of rotatable bonds is 5. The fourth-order valence-corrected chi connectivity index (χ4v) is 2.74. The quantitative estimate of drug-likeness (QED) is 0.817. The van der Waals surface area contributed by atoms with Crippen molar-refractivity contribution >= 4 is 5.91 Å². The van der Waals surface area contributed by atoms with Crippen molar-refractivity contribution in [3.05, 3.63) is 11.7 Å². The van der Waals surface area contributed by atoms with Crippen LogP contribution in [-0.2, 0) is 11.3 Å². The van der Waals surface area contributed by atoms with E-state index < -0.39 is 0 Å². The SMILES string of the molecule is Cc1nc(CN(C)CC2CCC(=O)N(C(C)C)C2)no1. The number of carbonyl (C=O) groups excluding carboxylic acids is 1. The molecule has 6 nitrogen and oxygen atoms in total. The Hall–Kier alpha value is -1.43. The van der Waals surface area contributed by atoms with Crippen LogP contribution >= 0.6 is 0 Å². The maximum atomic E-state index is 11.8. The zero-order valence-electron chi connectivity index (χ0n) is 12.8. The first kappa shape index (κ1) is 15.0. The van der Waals surface area contributed by atoms with Crippen LogP contribution in [0.15, 0.2) is 4.52 Å². The molecule has 1 aliphatic rings. The van der Waals surface area contributed by atoms with E-state index in [-0.39, 0.29) is 11.9 Å². The van der Waals surface area contributed by atoms with Crippen molar-refractivity contribution in [2.45, 2.75) is 46.2 Å². The summed E-state index contributed by atoms with van der Waals surface area (Å²) in [6.45, 7) is 8.43. The maximum Gasteiger partial charge on any atom is 0.223 e. The predicted molar refractivity (Wildman–Crippen MR) is 74.9 cm³/mol. The van der Waals surface area contributed by atoms with Crippen LogP contribution in [0.25, 0.3) is 0 Å². The van der Waals surface area contributed by atoms with E-state index in [1.165, 1.54) is 0 Å². The summed E-state index contributed by atoms with van der Waals surface area (Å²) in [4.78, 5) is 20.2. The van der Waals surface area contributed by atoms with E-state index in [1.807, 2.05) is 4.90 Å². The minimum Gasteiger partial charge on any atom is -0.340 e. The molecule has 2 heterocycles. The van der Waals surface area contributed by atoms with E-state index >= 15 is 0 Å². The van der Waals surface area contributed by atoms with E-state index in [1.54, 1.807) is 6.92 Å². The molecule has 20 heavy (non-hydrogen) atoms. The van der Waals surface area contributed by atoms with E-state index in [0.717, 1.165) is 25.3 Å². The first-order chi connectivity index (χ1) is 9.45. The number of hydrogen-bond donors (Lipinski definition) is 0. The van der Waals surface area contributed by atoms with E-state index in [2.05, 4.69) is 35.9 Å². The van der Waals surface area contributed by atoms with Crippen molar-refractivity contribution in [2.24, 2.45) is 5.92 Å². The second kappa shape index (κ2) is 6.35. The molecule has 0 bridgehead atoms. The molecule has 0 saturated carbocycles. The highest BCUT2D eigenvalue weighted by Crippen LogP contribution is 2.20. The largest absolute Gasteiger partial charge is 0.340 e. The van der Waals surface area contributed by atoms with Crippen LogP contribution in [0.1, 0.15) is 38.4 Å². The Balaban J connectivity index is 1.85. The molecular formula is C14H24N4O2. The zero-order chi connectivity index (χ0) is 14.7. The molecule has 0 aromatic carbocycles. The van der Waals surface area contributed by atoms with Crippen molar-refractivity contribution in [3.8, 4) is 0 Å². The molecule has 0 spiro atoms. The highest BCUT2D eigenvalue weighted by Gasteiger charge is 2.28. The molecule has 1 amide bonds. The van der Waals surface area contributed by atoms with Gasteiger partial charge in [-0.2, -0.15) is 4.98 Å². The number of likely N-dealkylation sites (tertiary alicyclic amines) is 1. The van der Waals surface area contributed by atoms with Crippen LogP contribution in [0.4, 0.5) is 0 Å². The Morgan fingerprint density at radius 1 is 1.50 bits per heavy atom. The maximum absolute atomic E-state index is 11.8. The Morgan fingerprint density at radius 3 is 2.85 bits per heavy atom. The average molecular weight is 280 g/mol. The zero-order valence-corrected chi connectivity index (χ0v) is 12.8. The first-order valence-electron chi connectivity index (χ1n) is 7.23. The summed E-state index contributed by atoms with van der Waals surface area (Å²) in [6, 6.07) is 0.287. The Labute approximate surface area is 120 Å². The van der Waals surface area contributed by atoms with Crippen molar-refractivity contribution < 1.29 is 9.32 Å². The van der Waals surface area contributed by atoms with E-state index in [4.69, 9.17) is 4.52 Å². The summed E-state index contributed by atoms with van der Waals surface area (Å²) < 4.78 is 4.98. The lowest BCUT2D eigenvalue weighted by Crippen LogP contribution is -2.46. The van der Waals surface area contributed by atoms with Gasteiger partial charge in [-0.25, -0.2) is 0 Å². The van der Waals surface area contributed by atoms with Crippen LogP contribution in [-0.4, -0.2) is 52.0 Å². The number of aromatic nitrogens is 2. The summed E-state index contributed by atoms with van der Waals surface area (Å²) in [6.07, 6.45) is 1.63. The monoisotopic (exact) mass is 280 g/mol. The van der Waals surface area contributed by atoms with Gasteiger partial charge in [-0.3, -0.25) is 9.69 Å². The van der Waals surface area contributed by atoms with Crippen molar-refractivity contribution in [2.75, 3.05) is 20.1 Å². The Bertz CT molecular complexity index is 458. The third-order valence-corrected chi connectivity index (χ3v) is 3.72. The highest BCUT2D eigenvalue weighted by atomic mass is 16.5. The molecule has 1 saturated heterocycles. The predicted octanol–water partition coefficient (Wildman–Crippen LogP) is 1.46. The normalized spacial score (nSPS) is 20.2. The Morgan fingerprint density at radius 2 is 2.25 bits per heavy atom. The molecule has 0 N–H and O–H groups in total. The van der Waals surface area contributed by atoms with Crippen molar-refractivity contribution in [1.29, 1.82) is 0 Å². The van der Waals surface area contributed by atoms with Gasteiger partial charge in [0.15, 0.2) is 5.82 Å². The third kappa shape index (κ3) is 3.79. The van der Waals surface area contributed by atoms with Gasteiger partial charge in [-0.05, 0) is 33.2 Å². The van der Waals surface area contributed by atoms with Gasteiger partial charge in [0.1, 0.15) is 0 Å². The minimum atomic E-state index is 0.285. The lowest BCUT2D eigenvalue weighted by Gasteiger charge is -2.36. The van der Waals surface area contributed by atoms with Crippen LogP contribution in [0.5, 0.6) is 0 Å². The van der Waals surface area contributed by atoms with Crippen molar-refractivity contribution in [1.82, 2.24) is 19.9 Å². The molecule has 0 radical (unpaired) electrons. The second-order valence-corrected chi connectivity index (χ2v) is 5.97. The number of hydrogen-bond acceptors (Lipinski definition) is 5. The summed E-state index contributed by atoms with van der Waals surface area (Å²) in [7, 11) is 2.06. The van der Waals surface area contributed by atoms with Gasteiger partial charge in [0.05, 0.1) is 6.54 Å². The first-order valence-corrected chi connectivity index (χ1v) is 7.23. The number of piperidine rings is 1. The third-order valence-electron chi connectivity index (χ3n) is 3.72. The summed E-state index contributed by atoms with van der Waals surface area (Å²) in [5.74, 6) is 2.13. The number of amides is 1. The molecule has 1 aliphatic heterocycles. The minimum absolute atomic E-state index is 0.285. The molecule has 6 heteroatoms. The molecule has 2 rings (SSSR count). The van der Waals surface area contributed by atoms with Gasteiger partial charge < -0.3 is 9.42 Å². The van der Waals surface area contributed by atoms with Gasteiger partial charge >= 0.3 is 0 Å². The van der Waals surface area contributed by atoms with Gasteiger partial charge in [0, 0.05) is 32.5 Å². The standard InChI is InChI=1S/C14H24N4O2/c1-10(2)18-8-12(5-6-14(18)19)7-17(4)9-13-15-11(3)20-16-13/h10,12H,5-9H2,1-4H3. The molecule has 1 aromatic heterocycles. The lowest BCUT2D eigenvalue weighted by atomic mass is 9.96. The lowest BCUT2D eigenvalue weighted by molar-refractivity contribution is -0.136. The Kier molecular flexibility index (Phi) is 4.75. The van der Waals surface area contributed by atoms with Crippen LogP contribution in [0, 0.1) is 12.8 Å². The summed E-state index contributed by atoms with van der Waals surface area (Å²) in [5, 5.41) is 3.91. The molecule has 1 aromatic rings. The molecule has 112 valence electrons. The molecular weight excluding hydrogens is 256 g/mol. The average Bonchev–Trinajstić information content (AvgIpc) is 2.76. The smallest absolute Gasteiger partial charge is 0.223 e. The number of aryl methyl sites for hydroxylation is 1. The van der Waals surface area contributed by atoms with Crippen LogP contribution < -0.4 is 0 Å². The summed E-state index contributed by atoms with van der Waals surface area (Å²) in [5.41, 5.74) is 0. The molecule has 1 atom stereocenters. The highest BCUT2D eigenvalue weighted by molar-refractivity contribution is 5.77. The van der Waals surface area contributed by atoms with E-state index in [0.29, 0.717) is 24.8 Å². The van der Waals surface area contributed by atoms with Gasteiger partial charge in [-0.1, -0.05) is 5.16 Å². The van der Waals surface area contributed by atoms with Gasteiger partial charge in [0.2, 0.25) is 11.8 Å². The van der Waals surface area contributed by atoms with Gasteiger partial charge in [0.25, 0.3) is 0 Å². The molecule has 1 fully saturated rings. The number of carbonyl (C=O) groups is 1. The second-order valence-electron chi connectivity index (χ2n) is 5.97. The van der Waals surface area contributed by atoms with Crippen LogP contribution in [0.3, 0.4) is 0 Å². The molecule has 0 aliphatic carbocycles. The summed E-state index contributed by atoms with van der Waals surface area (Å²) >= 11 is 0. The van der Waals surface area contributed by atoms with E-state index in [9.17, 15) is 4.79 Å². The fourth-order valence-electron chi connectivity index (χ4n) is 2.74. The van der Waals surface area contributed by atoms with Gasteiger partial charge in [-0.15, -0.1) is 0 Å². The fraction of sp³-hybridized carbons (Fsp3) is 0.786. The van der Waals surface area contributed by atoms with Crippen LogP contribution in [0.2, 0.25) is 0 Å². The van der Waals surface area contributed by atoms with Crippen molar-refractivity contribution in [3.63, 3.8) is 0 Å².